The molecule has 1 heterocycles. The van der Waals surface area contributed by atoms with Gasteiger partial charge in [-0.2, -0.15) is 0 Å². The second-order valence-electron chi connectivity index (χ2n) is 6.11. The molecule has 0 amide bonds. The third kappa shape index (κ3) is 1.88. The van der Waals surface area contributed by atoms with Crippen molar-refractivity contribution in [3.8, 4) is 0 Å². The summed E-state index contributed by atoms with van der Waals surface area (Å²) in [5.41, 5.74) is 2.49. The van der Waals surface area contributed by atoms with Gasteiger partial charge in [-0.3, -0.25) is 4.90 Å². The first-order chi connectivity index (χ1) is 8.68. The molecule has 1 aliphatic heterocycles. The van der Waals surface area contributed by atoms with Crippen LogP contribution in [0.5, 0.6) is 0 Å². The minimum atomic E-state index is -0.291. The zero-order chi connectivity index (χ0) is 12.7. The predicted octanol–water partition coefficient (Wildman–Crippen LogP) is 2.77. The van der Waals surface area contributed by atoms with Crippen LogP contribution in [-0.2, 0) is 6.42 Å². The van der Waals surface area contributed by atoms with Gasteiger partial charge in [-0.25, -0.2) is 0 Å². The van der Waals surface area contributed by atoms with Gasteiger partial charge in [0.05, 0.1) is 6.10 Å². The largest absolute Gasteiger partial charge is 0.387 e. The van der Waals surface area contributed by atoms with Crippen LogP contribution in [0.2, 0.25) is 0 Å². The van der Waals surface area contributed by atoms with Crippen LogP contribution in [-0.4, -0.2) is 28.6 Å². The van der Waals surface area contributed by atoms with E-state index in [1.165, 1.54) is 18.4 Å². The molecule has 1 aromatic rings. The molecular formula is C16H23NO. The van der Waals surface area contributed by atoms with Crippen LogP contribution in [0.1, 0.15) is 43.9 Å². The van der Waals surface area contributed by atoms with Gasteiger partial charge < -0.3 is 5.11 Å². The van der Waals surface area contributed by atoms with Crippen LogP contribution in [0.25, 0.3) is 0 Å². The Balaban J connectivity index is 1.83. The third-order valence-electron chi connectivity index (χ3n) is 4.70. The van der Waals surface area contributed by atoms with Gasteiger partial charge >= 0.3 is 0 Å². The van der Waals surface area contributed by atoms with Crippen LogP contribution in [0, 0.1) is 5.92 Å². The summed E-state index contributed by atoms with van der Waals surface area (Å²) in [6.45, 7) is 5.76. The molecule has 3 unspecified atom stereocenters. The van der Waals surface area contributed by atoms with Gasteiger partial charge in [0.25, 0.3) is 0 Å². The van der Waals surface area contributed by atoms with Crippen molar-refractivity contribution in [3.63, 3.8) is 0 Å². The average molecular weight is 245 g/mol. The van der Waals surface area contributed by atoms with Crippen molar-refractivity contribution in [2.45, 2.75) is 51.3 Å². The molecule has 0 saturated carbocycles. The van der Waals surface area contributed by atoms with Crippen molar-refractivity contribution in [2.24, 2.45) is 5.92 Å². The Morgan fingerprint density at radius 3 is 2.78 bits per heavy atom. The van der Waals surface area contributed by atoms with Crippen LogP contribution in [0.3, 0.4) is 0 Å². The summed E-state index contributed by atoms with van der Waals surface area (Å²) in [5, 5.41) is 10.6. The molecule has 0 radical (unpaired) electrons. The molecule has 0 spiro atoms. The highest BCUT2D eigenvalue weighted by molar-refractivity contribution is 5.36. The van der Waals surface area contributed by atoms with E-state index in [1.54, 1.807) is 0 Å². The van der Waals surface area contributed by atoms with E-state index in [-0.39, 0.29) is 6.10 Å². The second-order valence-corrected chi connectivity index (χ2v) is 6.11. The lowest BCUT2D eigenvalue weighted by molar-refractivity contribution is 0.0418. The van der Waals surface area contributed by atoms with E-state index in [0.29, 0.717) is 18.0 Å². The smallest absolute Gasteiger partial charge is 0.0951 e. The quantitative estimate of drug-likeness (QED) is 0.866. The standard InChI is InChI=1S/C16H23NO/c1-11(2)14-8-5-9-17(14)15-10-12-6-3-4-7-13(12)16(15)18/h3-4,6-7,11,14-16,18H,5,8-10H2,1-2H3. The number of benzene rings is 1. The van der Waals surface area contributed by atoms with Crippen molar-refractivity contribution in [2.75, 3.05) is 6.54 Å². The number of nitrogens with zero attached hydrogens (tertiary/aromatic N) is 1. The summed E-state index contributed by atoms with van der Waals surface area (Å²) < 4.78 is 0. The summed E-state index contributed by atoms with van der Waals surface area (Å²) in [7, 11) is 0. The zero-order valence-corrected chi connectivity index (χ0v) is 11.3. The maximum atomic E-state index is 10.6. The second kappa shape index (κ2) is 4.67. The summed E-state index contributed by atoms with van der Waals surface area (Å²) in [6.07, 6.45) is 3.29. The number of hydrogen-bond donors (Lipinski definition) is 1. The van der Waals surface area contributed by atoms with Crippen LogP contribution < -0.4 is 0 Å². The van der Waals surface area contributed by atoms with Crippen molar-refractivity contribution >= 4 is 0 Å². The summed E-state index contributed by atoms with van der Waals surface area (Å²) >= 11 is 0. The molecular weight excluding hydrogens is 222 g/mol. The van der Waals surface area contributed by atoms with Crippen molar-refractivity contribution in [1.29, 1.82) is 0 Å². The fraction of sp³-hybridized carbons (Fsp3) is 0.625. The molecule has 98 valence electrons. The molecule has 1 aromatic carbocycles. The third-order valence-corrected chi connectivity index (χ3v) is 4.70. The highest BCUT2D eigenvalue weighted by Crippen LogP contribution is 2.38. The minimum absolute atomic E-state index is 0.291. The minimum Gasteiger partial charge on any atom is -0.387 e. The number of aliphatic hydroxyl groups is 1. The van der Waals surface area contributed by atoms with E-state index in [4.69, 9.17) is 0 Å². The number of rotatable bonds is 2. The monoisotopic (exact) mass is 245 g/mol. The first-order valence-electron chi connectivity index (χ1n) is 7.20. The van der Waals surface area contributed by atoms with Gasteiger partial charge in [0.15, 0.2) is 0 Å². The predicted molar refractivity (Wildman–Crippen MR) is 73.5 cm³/mol. The molecule has 2 heteroatoms. The fourth-order valence-corrected chi connectivity index (χ4v) is 3.79. The van der Waals surface area contributed by atoms with Gasteiger partial charge in [-0.05, 0) is 42.9 Å². The normalized spacial score (nSPS) is 32.1. The Bertz CT molecular complexity index is 429. The highest BCUT2D eigenvalue weighted by atomic mass is 16.3. The zero-order valence-electron chi connectivity index (χ0n) is 11.3. The topological polar surface area (TPSA) is 23.5 Å². The Labute approximate surface area is 110 Å². The van der Waals surface area contributed by atoms with Crippen LogP contribution in [0.15, 0.2) is 24.3 Å². The number of hydrogen-bond acceptors (Lipinski definition) is 2. The molecule has 1 aliphatic carbocycles. The highest BCUT2D eigenvalue weighted by Gasteiger charge is 2.40. The molecule has 1 fully saturated rings. The van der Waals surface area contributed by atoms with Crippen LogP contribution in [0.4, 0.5) is 0 Å². The SMILES string of the molecule is CC(C)C1CCCN1C1Cc2ccccc2C1O. The molecule has 0 aromatic heterocycles. The number of aliphatic hydroxyl groups excluding tert-OH is 1. The van der Waals surface area contributed by atoms with Gasteiger partial charge in [0, 0.05) is 12.1 Å². The molecule has 3 rings (SSSR count). The Morgan fingerprint density at radius 1 is 1.28 bits per heavy atom. The average Bonchev–Trinajstić information content (AvgIpc) is 2.94. The molecule has 1 N–H and O–H groups in total. The fourth-order valence-electron chi connectivity index (χ4n) is 3.79. The van der Waals surface area contributed by atoms with Gasteiger partial charge in [-0.15, -0.1) is 0 Å². The number of fused-ring (bicyclic) bond motifs is 1. The van der Waals surface area contributed by atoms with E-state index in [2.05, 4.69) is 36.9 Å². The number of likely N-dealkylation sites (tertiary alicyclic amines) is 1. The molecule has 1 saturated heterocycles. The van der Waals surface area contributed by atoms with Crippen molar-refractivity contribution < 1.29 is 5.11 Å². The first kappa shape index (κ1) is 12.2. The van der Waals surface area contributed by atoms with E-state index < -0.39 is 0 Å². The molecule has 2 aliphatic rings. The Hall–Kier alpha value is -0.860. The lowest BCUT2D eigenvalue weighted by atomic mass is 9.99. The molecule has 0 bridgehead atoms. The van der Waals surface area contributed by atoms with Gasteiger partial charge in [0.1, 0.15) is 0 Å². The van der Waals surface area contributed by atoms with Gasteiger partial charge in [-0.1, -0.05) is 38.1 Å². The lowest BCUT2D eigenvalue weighted by Crippen LogP contribution is -2.43. The maximum Gasteiger partial charge on any atom is 0.0951 e. The summed E-state index contributed by atoms with van der Waals surface area (Å²) in [4.78, 5) is 2.56. The van der Waals surface area contributed by atoms with Crippen molar-refractivity contribution in [3.05, 3.63) is 35.4 Å². The molecule has 3 atom stereocenters. The van der Waals surface area contributed by atoms with Crippen molar-refractivity contribution in [1.82, 2.24) is 4.90 Å². The van der Waals surface area contributed by atoms with Crippen LogP contribution >= 0.6 is 0 Å². The lowest BCUT2D eigenvalue weighted by Gasteiger charge is -2.34. The van der Waals surface area contributed by atoms with E-state index >= 15 is 0 Å². The molecule has 2 nitrogen and oxygen atoms in total. The van der Waals surface area contributed by atoms with E-state index in [0.717, 1.165) is 18.5 Å². The van der Waals surface area contributed by atoms with E-state index in [1.807, 2.05) is 6.07 Å². The van der Waals surface area contributed by atoms with E-state index in [9.17, 15) is 5.11 Å². The Morgan fingerprint density at radius 2 is 2.06 bits per heavy atom. The summed E-state index contributed by atoms with van der Waals surface area (Å²) in [6, 6.07) is 9.32. The maximum absolute atomic E-state index is 10.6. The summed E-state index contributed by atoms with van der Waals surface area (Å²) in [5.74, 6) is 0.684. The first-order valence-corrected chi connectivity index (χ1v) is 7.20. The van der Waals surface area contributed by atoms with Gasteiger partial charge in [0.2, 0.25) is 0 Å². The molecule has 18 heavy (non-hydrogen) atoms. The Kier molecular flexibility index (Phi) is 3.16.